The molecule has 20 heavy (non-hydrogen) atoms. The van der Waals surface area contributed by atoms with Gasteiger partial charge in [0.1, 0.15) is 5.82 Å². The molecule has 0 radical (unpaired) electrons. The summed E-state index contributed by atoms with van der Waals surface area (Å²) in [5, 5.41) is 3.85. The molecule has 0 saturated heterocycles. The Bertz CT molecular complexity index is 641. The van der Waals surface area contributed by atoms with Crippen LogP contribution in [0.3, 0.4) is 0 Å². The summed E-state index contributed by atoms with van der Waals surface area (Å²) in [6, 6.07) is 8.85. The van der Waals surface area contributed by atoms with Gasteiger partial charge in [-0.05, 0) is 50.1 Å². The fraction of sp³-hybridized carbons (Fsp3) is 0.250. The highest BCUT2D eigenvalue weighted by Crippen LogP contribution is 2.31. The largest absolute Gasteiger partial charge is 0.378 e. The standard InChI is InChI=1S/C16H16Cl2FN/c1-9-4-5-16(10(2)6-9)20-11(3)12-7-15(19)14(18)8-13(12)17/h4-8,11,20H,1-3H3. The van der Waals surface area contributed by atoms with Crippen molar-refractivity contribution in [1.29, 1.82) is 0 Å². The van der Waals surface area contributed by atoms with E-state index in [1.54, 1.807) is 0 Å². The molecule has 0 aromatic heterocycles. The van der Waals surface area contributed by atoms with Crippen LogP contribution in [0.4, 0.5) is 10.1 Å². The summed E-state index contributed by atoms with van der Waals surface area (Å²) in [5.41, 5.74) is 4.04. The SMILES string of the molecule is Cc1ccc(NC(C)c2cc(F)c(Cl)cc2Cl)c(C)c1. The van der Waals surface area contributed by atoms with Gasteiger partial charge in [-0.15, -0.1) is 0 Å². The molecular weight excluding hydrogens is 296 g/mol. The highest BCUT2D eigenvalue weighted by Gasteiger charge is 2.14. The summed E-state index contributed by atoms with van der Waals surface area (Å²) in [7, 11) is 0. The normalized spacial score (nSPS) is 12.3. The predicted molar refractivity (Wildman–Crippen MR) is 84.4 cm³/mol. The molecule has 1 N–H and O–H groups in total. The zero-order valence-corrected chi connectivity index (χ0v) is 13.1. The van der Waals surface area contributed by atoms with E-state index in [1.165, 1.54) is 17.7 Å². The van der Waals surface area contributed by atoms with Gasteiger partial charge in [-0.2, -0.15) is 0 Å². The lowest BCUT2D eigenvalue weighted by Gasteiger charge is -2.19. The van der Waals surface area contributed by atoms with Crippen LogP contribution in [0.2, 0.25) is 10.0 Å². The van der Waals surface area contributed by atoms with Crippen molar-refractivity contribution in [2.75, 3.05) is 5.32 Å². The summed E-state index contributed by atoms with van der Waals surface area (Å²) >= 11 is 11.9. The smallest absolute Gasteiger partial charge is 0.142 e. The molecule has 2 aromatic carbocycles. The van der Waals surface area contributed by atoms with E-state index >= 15 is 0 Å². The minimum atomic E-state index is -0.458. The average molecular weight is 312 g/mol. The zero-order chi connectivity index (χ0) is 14.9. The van der Waals surface area contributed by atoms with Crippen LogP contribution in [-0.2, 0) is 0 Å². The number of benzene rings is 2. The van der Waals surface area contributed by atoms with Crippen LogP contribution in [0.5, 0.6) is 0 Å². The molecule has 0 fully saturated rings. The second-order valence-electron chi connectivity index (χ2n) is 4.97. The fourth-order valence-corrected chi connectivity index (χ4v) is 2.70. The number of hydrogen-bond acceptors (Lipinski definition) is 1. The maximum Gasteiger partial charge on any atom is 0.142 e. The predicted octanol–water partition coefficient (Wildman–Crippen LogP) is 5.92. The van der Waals surface area contributed by atoms with Gasteiger partial charge < -0.3 is 5.32 Å². The van der Waals surface area contributed by atoms with Crippen LogP contribution < -0.4 is 5.32 Å². The zero-order valence-electron chi connectivity index (χ0n) is 11.6. The number of rotatable bonds is 3. The Morgan fingerprint density at radius 2 is 1.75 bits per heavy atom. The van der Waals surface area contributed by atoms with Crippen molar-refractivity contribution in [2.24, 2.45) is 0 Å². The van der Waals surface area contributed by atoms with Crippen LogP contribution in [0.25, 0.3) is 0 Å². The molecule has 1 unspecified atom stereocenters. The highest BCUT2D eigenvalue weighted by molar-refractivity contribution is 6.35. The minimum Gasteiger partial charge on any atom is -0.378 e. The molecule has 0 aliphatic rings. The Morgan fingerprint density at radius 1 is 1.05 bits per heavy atom. The van der Waals surface area contributed by atoms with Gasteiger partial charge in [-0.1, -0.05) is 40.9 Å². The fourth-order valence-electron chi connectivity index (χ4n) is 2.16. The van der Waals surface area contributed by atoms with Gasteiger partial charge in [-0.3, -0.25) is 0 Å². The summed E-state index contributed by atoms with van der Waals surface area (Å²) < 4.78 is 13.6. The lowest BCUT2D eigenvalue weighted by atomic mass is 10.1. The average Bonchev–Trinajstić information content (AvgIpc) is 2.37. The van der Waals surface area contributed by atoms with Crippen molar-refractivity contribution in [2.45, 2.75) is 26.8 Å². The van der Waals surface area contributed by atoms with Gasteiger partial charge in [0.15, 0.2) is 0 Å². The Hall–Kier alpha value is -1.25. The molecule has 0 aliphatic heterocycles. The van der Waals surface area contributed by atoms with Crippen molar-refractivity contribution >= 4 is 28.9 Å². The van der Waals surface area contributed by atoms with Gasteiger partial charge in [0.2, 0.25) is 0 Å². The molecule has 2 rings (SSSR count). The number of halogens is 3. The third-order valence-electron chi connectivity index (χ3n) is 3.26. The monoisotopic (exact) mass is 311 g/mol. The number of nitrogens with one attached hydrogen (secondary N) is 1. The van der Waals surface area contributed by atoms with E-state index in [9.17, 15) is 4.39 Å². The molecule has 0 saturated carbocycles. The van der Waals surface area contributed by atoms with E-state index in [0.717, 1.165) is 11.3 Å². The third-order valence-corrected chi connectivity index (χ3v) is 3.88. The number of aryl methyl sites for hydroxylation is 2. The molecule has 1 atom stereocenters. The molecule has 0 bridgehead atoms. The van der Waals surface area contributed by atoms with Gasteiger partial charge in [0.05, 0.1) is 11.1 Å². The summed E-state index contributed by atoms with van der Waals surface area (Å²) in [6.45, 7) is 6.02. The Labute approximate surface area is 128 Å². The van der Waals surface area contributed by atoms with Crippen LogP contribution >= 0.6 is 23.2 Å². The molecule has 0 aliphatic carbocycles. The first-order chi connectivity index (χ1) is 9.38. The maximum absolute atomic E-state index is 13.6. The van der Waals surface area contributed by atoms with Crippen LogP contribution in [0.15, 0.2) is 30.3 Å². The van der Waals surface area contributed by atoms with E-state index in [4.69, 9.17) is 23.2 Å². The Morgan fingerprint density at radius 3 is 2.40 bits per heavy atom. The molecule has 4 heteroatoms. The maximum atomic E-state index is 13.6. The first-order valence-corrected chi connectivity index (χ1v) is 7.12. The summed E-state index contributed by atoms with van der Waals surface area (Å²) in [5.74, 6) is -0.458. The molecule has 1 nitrogen and oxygen atoms in total. The van der Waals surface area contributed by atoms with Crippen molar-refractivity contribution in [1.82, 2.24) is 0 Å². The lowest BCUT2D eigenvalue weighted by molar-refractivity contribution is 0.624. The van der Waals surface area contributed by atoms with Crippen molar-refractivity contribution in [3.63, 3.8) is 0 Å². The van der Waals surface area contributed by atoms with E-state index < -0.39 is 5.82 Å². The first-order valence-electron chi connectivity index (χ1n) is 6.36. The number of anilines is 1. The number of hydrogen-bond donors (Lipinski definition) is 1. The van der Waals surface area contributed by atoms with Gasteiger partial charge in [0.25, 0.3) is 0 Å². The lowest BCUT2D eigenvalue weighted by Crippen LogP contribution is -2.09. The molecule has 0 heterocycles. The van der Waals surface area contributed by atoms with Gasteiger partial charge in [0, 0.05) is 10.7 Å². The van der Waals surface area contributed by atoms with Gasteiger partial charge >= 0.3 is 0 Å². The Kier molecular flexibility index (Phi) is 4.56. The first kappa shape index (κ1) is 15.1. The molecule has 0 amide bonds. The topological polar surface area (TPSA) is 12.0 Å². The van der Waals surface area contributed by atoms with E-state index in [-0.39, 0.29) is 11.1 Å². The second-order valence-corrected chi connectivity index (χ2v) is 5.79. The van der Waals surface area contributed by atoms with E-state index in [1.807, 2.05) is 32.9 Å². The van der Waals surface area contributed by atoms with Crippen molar-refractivity contribution < 1.29 is 4.39 Å². The summed E-state index contributed by atoms with van der Waals surface area (Å²) in [4.78, 5) is 0. The second kappa shape index (κ2) is 6.02. The molecule has 0 spiro atoms. The van der Waals surface area contributed by atoms with E-state index in [2.05, 4.69) is 11.4 Å². The van der Waals surface area contributed by atoms with E-state index in [0.29, 0.717) is 10.6 Å². The molecular formula is C16H16Cl2FN. The molecule has 2 aromatic rings. The summed E-state index contributed by atoms with van der Waals surface area (Å²) in [6.07, 6.45) is 0. The van der Waals surface area contributed by atoms with Crippen molar-refractivity contribution in [3.8, 4) is 0 Å². The molecule has 106 valence electrons. The van der Waals surface area contributed by atoms with Crippen LogP contribution in [-0.4, -0.2) is 0 Å². The van der Waals surface area contributed by atoms with Gasteiger partial charge in [-0.25, -0.2) is 4.39 Å². The van der Waals surface area contributed by atoms with Crippen molar-refractivity contribution in [3.05, 3.63) is 62.9 Å². The highest BCUT2D eigenvalue weighted by atomic mass is 35.5. The van der Waals surface area contributed by atoms with Crippen LogP contribution in [0.1, 0.15) is 29.7 Å². The minimum absolute atomic E-state index is 0.0393. The third kappa shape index (κ3) is 3.25. The quantitative estimate of drug-likeness (QED) is 0.693. The Balaban J connectivity index is 2.28. The van der Waals surface area contributed by atoms with Crippen LogP contribution in [0, 0.1) is 19.7 Å².